The fourth-order valence-electron chi connectivity index (χ4n) is 1.29. The molecule has 0 bridgehead atoms. The molecular weight excluding hydrogens is 222 g/mol. The smallest absolute Gasteiger partial charge is 0.144 e. The highest BCUT2D eigenvalue weighted by molar-refractivity contribution is 7.98. The molecule has 96 valence electrons. The van der Waals surface area contributed by atoms with Crippen LogP contribution in [0.25, 0.3) is 0 Å². The maximum absolute atomic E-state index is 8.63. The molecule has 4 N–H and O–H groups in total. The summed E-state index contributed by atoms with van der Waals surface area (Å²) in [4.78, 5) is 0. The van der Waals surface area contributed by atoms with E-state index in [4.69, 9.17) is 10.9 Å². The van der Waals surface area contributed by atoms with Crippen molar-refractivity contribution >= 4 is 17.6 Å². The first-order valence-electron chi connectivity index (χ1n) is 5.64. The zero-order chi connectivity index (χ0) is 12.6. The van der Waals surface area contributed by atoms with Crippen LogP contribution >= 0.6 is 11.8 Å². The first kappa shape index (κ1) is 15.6. The Hall–Kier alpha value is -0.420. The molecular formula is C11H25N3OS. The van der Waals surface area contributed by atoms with Gasteiger partial charge in [0.1, 0.15) is 5.84 Å². The highest BCUT2D eigenvalue weighted by Crippen LogP contribution is 2.19. The van der Waals surface area contributed by atoms with Gasteiger partial charge in [-0.1, -0.05) is 19.0 Å². The van der Waals surface area contributed by atoms with Crippen molar-refractivity contribution < 1.29 is 5.21 Å². The highest BCUT2D eigenvalue weighted by atomic mass is 32.2. The molecule has 0 aromatic rings. The van der Waals surface area contributed by atoms with E-state index in [2.05, 4.69) is 23.7 Å². The molecule has 0 aliphatic rings. The maximum Gasteiger partial charge on any atom is 0.144 e. The minimum Gasteiger partial charge on any atom is -0.409 e. The van der Waals surface area contributed by atoms with E-state index in [1.165, 1.54) is 12.2 Å². The van der Waals surface area contributed by atoms with E-state index < -0.39 is 0 Å². The Bertz CT molecular complexity index is 219. The van der Waals surface area contributed by atoms with Gasteiger partial charge in [0.15, 0.2) is 0 Å². The highest BCUT2D eigenvalue weighted by Gasteiger charge is 2.23. The quantitative estimate of drug-likeness (QED) is 0.265. The Kier molecular flexibility index (Phi) is 7.58. The number of thioether (sulfide) groups is 1. The molecule has 4 nitrogen and oxygen atoms in total. The molecule has 5 heteroatoms. The second-order valence-electron chi connectivity index (χ2n) is 4.76. The zero-order valence-electron chi connectivity index (χ0n) is 10.8. The van der Waals surface area contributed by atoms with Gasteiger partial charge in [-0.2, -0.15) is 11.8 Å². The fraction of sp³-hybridized carbons (Fsp3) is 0.909. The molecule has 0 spiro atoms. The van der Waals surface area contributed by atoms with Crippen molar-refractivity contribution in [1.29, 1.82) is 0 Å². The van der Waals surface area contributed by atoms with E-state index in [1.807, 2.05) is 25.6 Å². The average Bonchev–Trinajstić information content (AvgIpc) is 2.24. The molecule has 0 aliphatic heterocycles. The van der Waals surface area contributed by atoms with E-state index in [9.17, 15) is 0 Å². The van der Waals surface area contributed by atoms with E-state index in [1.54, 1.807) is 0 Å². The summed E-state index contributed by atoms with van der Waals surface area (Å²) in [5.41, 5.74) is 5.37. The molecule has 0 radical (unpaired) electrons. The Morgan fingerprint density at radius 2 is 2.19 bits per heavy atom. The summed E-state index contributed by atoms with van der Waals surface area (Å²) < 4.78 is 0. The van der Waals surface area contributed by atoms with Crippen molar-refractivity contribution in [3.63, 3.8) is 0 Å². The Balaban J connectivity index is 3.80. The minimum atomic E-state index is -0.249. The molecule has 0 fully saturated rings. The molecule has 0 aromatic heterocycles. The van der Waals surface area contributed by atoms with Gasteiger partial charge >= 0.3 is 0 Å². The van der Waals surface area contributed by atoms with Crippen molar-refractivity contribution in [3.05, 3.63) is 0 Å². The summed E-state index contributed by atoms with van der Waals surface area (Å²) in [6, 6.07) is 0.524. The van der Waals surface area contributed by atoms with E-state index in [0.29, 0.717) is 11.9 Å². The van der Waals surface area contributed by atoms with Gasteiger partial charge in [-0.25, -0.2) is 0 Å². The summed E-state index contributed by atoms with van der Waals surface area (Å²) in [6.45, 7) is 7.04. The molecule has 0 heterocycles. The Morgan fingerprint density at radius 1 is 1.56 bits per heavy atom. The normalized spacial score (nSPS) is 15.1. The van der Waals surface area contributed by atoms with Gasteiger partial charge < -0.3 is 16.3 Å². The third-order valence-electron chi connectivity index (χ3n) is 2.80. The van der Waals surface area contributed by atoms with E-state index in [-0.39, 0.29) is 5.41 Å². The second-order valence-corrected chi connectivity index (χ2v) is 5.74. The summed E-state index contributed by atoms with van der Waals surface area (Å²) in [6.07, 6.45) is 4.16. The molecule has 0 saturated carbocycles. The number of amidine groups is 1. The third-order valence-corrected chi connectivity index (χ3v) is 3.44. The third kappa shape index (κ3) is 6.23. The van der Waals surface area contributed by atoms with Crippen molar-refractivity contribution in [2.45, 2.75) is 39.7 Å². The van der Waals surface area contributed by atoms with Crippen molar-refractivity contribution in [1.82, 2.24) is 5.32 Å². The number of rotatable bonds is 8. The number of hydrogen-bond acceptors (Lipinski definition) is 4. The summed E-state index contributed by atoms with van der Waals surface area (Å²) in [7, 11) is 0. The van der Waals surface area contributed by atoms with Crippen LogP contribution in [0.15, 0.2) is 5.16 Å². The molecule has 0 aromatic carbocycles. The SMILES string of the molecule is CSCCC(C)NCCC(C)(C)C(N)=NO. The molecule has 1 atom stereocenters. The van der Waals surface area contributed by atoms with Crippen LogP contribution in [-0.2, 0) is 0 Å². The standard InChI is InChI=1S/C11H25N3OS/c1-9(5-8-16-4)13-7-6-11(2,3)10(12)14-15/h9,13,15H,5-8H2,1-4H3,(H2,12,14). The first-order chi connectivity index (χ1) is 7.44. The Morgan fingerprint density at radius 3 is 2.69 bits per heavy atom. The first-order valence-corrected chi connectivity index (χ1v) is 7.03. The molecule has 16 heavy (non-hydrogen) atoms. The summed E-state index contributed by atoms with van der Waals surface area (Å²) in [5.74, 6) is 1.48. The van der Waals surface area contributed by atoms with Crippen LogP contribution in [0.5, 0.6) is 0 Å². The maximum atomic E-state index is 8.63. The van der Waals surface area contributed by atoms with Gasteiger partial charge in [-0.05, 0) is 38.3 Å². The van der Waals surface area contributed by atoms with Crippen molar-refractivity contribution in [3.8, 4) is 0 Å². The number of oxime groups is 1. The lowest BCUT2D eigenvalue weighted by Crippen LogP contribution is -2.37. The van der Waals surface area contributed by atoms with Gasteiger partial charge in [0.05, 0.1) is 0 Å². The number of hydrogen-bond donors (Lipinski definition) is 3. The molecule has 0 rings (SSSR count). The topological polar surface area (TPSA) is 70.6 Å². The van der Waals surface area contributed by atoms with E-state index >= 15 is 0 Å². The lowest BCUT2D eigenvalue weighted by atomic mass is 9.88. The van der Waals surface area contributed by atoms with Crippen LogP contribution in [0.4, 0.5) is 0 Å². The lowest BCUT2D eigenvalue weighted by Gasteiger charge is -2.24. The average molecular weight is 247 g/mol. The summed E-state index contributed by atoms with van der Waals surface area (Å²) >= 11 is 1.87. The zero-order valence-corrected chi connectivity index (χ0v) is 11.6. The predicted molar refractivity (Wildman–Crippen MR) is 72.3 cm³/mol. The van der Waals surface area contributed by atoms with E-state index in [0.717, 1.165) is 13.0 Å². The van der Waals surface area contributed by atoms with Gasteiger partial charge in [-0.15, -0.1) is 0 Å². The molecule has 1 unspecified atom stereocenters. The molecule has 0 amide bonds. The lowest BCUT2D eigenvalue weighted by molar-refractivity contribution is 0.304. The van der Waals surface area contributed by atoms with Crippen LogP contribution in [0.3, 0.4) is 0 Å². The molecule has 0 saturated heterocycles. The predicted octanol–water partition coefficient (Wildman–Crippen LogP) is 1.88. The second kappa shape index (κ2) is 7.79. The van der Waals surface area contributed by atoms with Crippen LogP contribution in [0.2, 0.25) is 0 Å². The number of nitrogens with two attached hydrogens (primary N) is 1. The van der Waals surface area contributed by atoms with Crippen molar-refractivity contribution in [2.24, 2.45) is 16.3 Å². The number of nitrogens with zero attached hydrogens (tertiary/aromatic N) is 1. The van der Waals surface area contributed by atoms with Crippen molar-refractivity contribution in [2.75, 3.05) is 18.6 Å². The fourth-order valence-corrected chi connectivity index (χ4v) is 1.88. The van der Waals surface area contributed by atoms with Gasteiger partial charge in [0, 0.05) is 11.5 Å². The number of nitrogens with one attached hydrogen (secondary N) is 1. The Labute approximate surface area is 103 Å². The van der Waals surface area contributed by atoms with Crippen LogP contribution in [0, 0.1) is 5.41 Å². The van der Waals surface area contributed by atoms with Gasteiger partial charge in [0.2, 0.25) is 0 Å². The van der Waals surface area contributed by atoms with Gasteiger partial charge in [-0.3, -0.25) is 0 Å². The largest absolute Gasteiger partial charge is 0.409 e. The molecule has 0 aliphatic carbocycles. The van der Waals surface area contributed by atoms with Crippen LogP contribution in [0.1, 0.15) is 33.6 Å². The minimum absolute atomic E-state index is 0.249. The van der Waals surface area contributed by atoms with Crippen LogP contribution in [-0.4, -0.2) is 35.6 Å². The monoisotopic (exact) mass is 247 g/mol. The summed E-state index contributed by atoms with van der Waals surface area (Å²) in [5, 5.41) is 15.2. The van der Waals surface area contributed by atoms with Gasteiger partial charge in [0.25, 0.3) is 0 Å². The van der Waals surface area contributed by atoms with Crippen LogP contribution < -0.4 is 11.1 Å².